The Morgan fingerprint density at radius 3 is 2.29 bits per heavy atom. The molecule has 2 aliphatic rings. The monoisotopic (exact) mass is 422 g/mol. The number of benzene rings is 3. The van der Waals surface area contributed by atoms with Gasteiger partial charge in [0.25, 0.3) is 0 Å². The van der Waals surface area contributed by atoms with Crippen LogP contribution in [0.2, 0.25) is 0 Å². The minimum Gasteiger partial charge on any atom is -0.478 e. The lowest BCUT2D eigenvalue weighted by atomic mass is 9.84. The van der Waals surface area contributed by atoms with Gasteiger partial charge in [-0.2, -0.15) is 0 Å². The van der Waals surface area contributed by atoms with Gasteiger partial charge in [0.1, 0.15) is 0 Å². The number of aryl methyl sites for hydroxylation is 1. The summed E-state index contributed by atoms with van der Waals surface area (Å²) in [6.07, 6.45) is 1.05. The van der Waals surface area contributed by atoms with E-state index in [1.54, 1.807) is 30.3 Å². The second-order valence-electron chi connectivity index (χ2n) is 7.25. The van der Waals surface area contributed by atoms with E-state index in [4.69, 9.17) is 18.9 Å². The molecule has 3 aromatic rings. The Morgan fingerprint density at radius 1 is 0.871 bits per heavy atom. The molecule has 2 heterocycles. The molecule has 5 rings (SSSR count). The minimum atomic E-state index is -1.33. The predicted octanol–water partition coefficient (Wildman–Crippen LogP) is 4.31. The molecule has 0 aliphatic carbocycles. The maximum Gasteiger partial charge on any atom is 0.337 e. The zero-order chi connectivity index (χ0) is 21.7. The first-order valence-electron chi connectivity index (χ1n) is 9.79. The predicted molar refractivity (Wildman–Crippen MR) is 110 cm³/mol. The van der Waals surface area contributed by atoms with E-state index >= 15 is 0 Å². The molecule has 2 aliphatic heterocycles. The summed E-state index contributed by atoms with van der Waals surface area (Å²) in [5.41, 5.74) is 0.700. The van der Waals surface area contributed by atoms with Crippen molar-refractivity contribution in [2.24, 2.45) is 0 Å². The first-order chi connectivity index (χ1) is 15.0. The Bertz CT molecular complexity index is 1260. The smallest absolute Gasteiger partial charge is 0.337 e. The maximum absolute atomic E-state index is 12.5. The topological polar surface area (TPSA) is 112 Å². The van der Waals surface area contributed by atoms with Crippen molar-refractivity contribution in [3.63, 3.8) is 0 Å². The van der Waals surface area contributed by atoms with Gasteiger partial charge in [0.05, 0.1) is 11.1 Å². The molecule has 2 N–H and O–H groups in total. The van der Waals surface area contributed by atoms with E-state index in [0.29, 0.717) is 57.7 Å². The average molecular weight is 422 g/mol. The van der Waals surface area contributed by atoms with E-state index in [0.717, 1.165) is 0 Å². The Kier molecular flexibility index (Phi) is 4.35. The van der Waals surface area contributed by atoms with Crippen molar-refractivity contribution in [1.82, 2.24) is 0 Å². The largest absolute Gasteiger partial charge is 0.478 e. The summed E-state index contributed by atoms with van der Waals surface area (Å²) >= 11 is 0. The van der Waals surface area contributed by atoms with Crippen molar-refractivity contribution in [1.29, 1.82) is 0 Å². The molecule has 0 aromatic heterocycles. The number of aromatic carboxylic acids is 2. The molecule has 0 bridgehead atoms. The summed E-state index contributed by atoms with van der Waals surface area (Å²) in [6, 6.07) is 8.51. The Labute approximate surface area is 176 Å². The molecular formula is C23H18O8. The Balaban J connectivity index is 1.98. The van der Waals surface area contributed by atoms with E-state index in [1.807, 2.05) is 6.92 Å². The number of rotatable bonds is 5. The van der Waals surface area contributed by atoms with Crippen molar-refractivity contribution in [3.05, 3.63) is 47.0 Å². The lowest BCUT2D eigenvalue weighted by Crippen LogP contribution is -2.14. The molecule has 8 heteroatoms. The molecule has 0 fully saturated rings. The Morgan fingerprint density at radius 2 is 1.55 bits per heavy atom. The molecule has 8 nitrogen and oxygen atoms in total. The quantitative estimate of drug-likeness (QED) is 0.626. The fraction of sp³-hybridized carbons (Fsp3) is 0.217. The summed E-state index contributed by atoms with van der Waals surface area (Å²) in [5, 5.41) is 21.3. The lowest BCUT2D eigenvalue weighted by Gasteiger charge is -2.20. The molecule has 0 saturated carbocycles. The standard InChI is InChI=1S/C23H18O8/c1-2-3-12-13-5-7-15-21(31-10-29-15)18(13)17(20(23(26)27)19(12)22(24)25)11-4-6-14-16(8-11)30-9-28-14/h4-8H,2-3,9-10H2,1H3,(H,24,25)(H,26,27). The summed E-state index contributed by atoms with van der Waals surface area (Å²) in [4.78, 5) is 24.8. The summed E-state index contributed by atoms with van der Waals surface area (Å²) in [6.45, 7) is 1.98. The van der Waals surface area contributed by atoms with Crippen LogP contribution < -0.4 is 18.9 Å². The zero-order valence-corrected chi connectivity index (χ0v) is 16.6. The van der Waals surface area contributed by atoms with Gasteiger partial charge < -0.3 is 29.2 Å². The van der Waals surface area contributed by atoms with Gasteiger partial charge in [-0.3, -0.25) is 0 Å². The number of carboxylic acid groups (broad SMARTS) is 2. The van der Waals surface area contributed by atoms with Gasteiger partial charge in [0, 0.05) is 10.9 Å². The van der Waals surface area contributed by atoms with Crippen LogP contribution in [0.5, 0.6) is 23.0 Å². The average Bonchev–Trinajstić information content (AvgIpc) is 3.41. The summed E-state index contributed by atoms with van der Waals surface area (Å²) in [7, 11) is 0. The summed E-state index contributed by atoms with van der Waals surface area (Å²) in [5.74, 6) is -0.737. The highest BCUT2D eigenvalue weighted by atomic mass is 16.7. The van der Waals surface area contributed by atoms with Crippen molar-refractivity contribution in [2.75, 3.05) is 13.6 Å². The fourth-order valence-corrected chi connectivity index (χ4v) is 4.31. The Hall–Kier alpha value is -3.94. The van der Waals surface area contributed by atoms with Crippen LogP contribution in [-0.4, -0.2) is 35.7 Å². The molecular weight excluding hydrogens is 404 g/mol. The van der Waals surface area contributed by atoms with Crippen LogP contribution in [0, 0.1) is 0 Å². The van der Waals surface area contributed by atoms with Crippen LogP contribution in [0.15, 0.2) is 30.3 Å². The molecule has 3 aromatic carbocycles. The summed E-state index contributed by atoms with van der Waals surface area (Å²) < 4.78 is 22.1. The van der Waals surface area contributed by atoms with E-state index in [1.165, 1.54) is 0 Å². The second kappa shape index (κ2) is 7.09. The number of ether oxygens (including phenoxy) is 4. The van der Waals surface area contributed by atoms with Crippen LogP contribution in [0.1, 0.15) is 39.6 Å². The van der Waals surface area contributed by atoms with Gasteiger partial charge in [-0.05, 0) is 41.1 Å². The van der Waals surface area contributed by atoms with Crippen LogP contribution in [0.4, 0.5) is 0 Å². The number of carboxylic acids is 2. The molecule has 0 atom stereocenters. The fourth-order valence-electron chi connectivity index (χ4n) is 4.31. The van der Waals surface area contributed by atoms with E-state index in [2.05, 4.69) is 0 Å². The molecule has 0 saturated heterocycles. The normalized spacial score (nSPS) is 13.6. The molecule has 0 radical (unpaired) electrons. The highest BCUT2D eigenvalue weighted by molar-refractivity contribution is 6.18. The third kappa shape index (κ3) is 2.83. The minimum absolute atomic E-state index is 0.00121. The first-order valence-corrected chi connectivity index (χ1v) is 9.79. The van der Waals surface area contributed by atoms with Crippen molar-refractivity contribution < 1.29 is 38.7 Å². The first kappa shape index (κ1) is 19.0. The van der Waals surface area contributed by atoms with E-state index in [-0.39, 0.29) is 30.3 Å². The van der Waals surface area contributed by atoms with E-state index < -0.39 is 11.9 Å². The van der Waals surface area contributed by atoms with Gasteiger partial charge in [-0.1, -0.05) is 25.5 Å². The van der Waals surface area contributed by atoms with Crippen molar-refractivity contribution >= 4 is 22.7 Å². The van der Waals surface area contributed by atoms with Crippen LogP contribution in [0.25, 0.3) is 21.9 Å². The number of hydrogen-bond acceptors (Lipinski definition) is 6. The van der Waals surface area contributed by atoms with Crippen molar-refractivity contribution in [2.45, 2.75) is 19.8 Å². The van der Waals surface area contributed by atoms with Crippen LogP contribution in [-0.2, 0) is 6.42 Å². The van der Waals surface area contributed by atoms with Crippen LogP contribution >= 0.6 is 0 Å². The second-order valence-corrected chi connectivity index (χ2v) is 7.25. The molecule has 0 unspecified atom stereocenters. The molecule has 0 spiro atoms. The molecule has 158 valence electrons. The number of hydrogen-bond donors (Lipinski definition) is 2. The van der Waals surface area contributed by atoms with Gasteiger partial charge in [0.2, 0.25) is 13.6 Å². The molecule has 0 amide bonds. The highest BCUT2D eigenvalue weighted by Crippen LogP contribution is 2.49. The molecule has 31 heavy (non-hydrogen) atoms. The third-order valence-corrected chi connectivity index (χ3v) is 5.51. The van der Waals surface area contributed by atoms with E-state index in [9.17, 15) is 19.8 Å². The maximum atomic E-state index is 12.5. The third-order valence-electron chi connectivity index (χ3n) is 5.51. The van der Waals surface area contributed by atoms with Gasteiger partial charge in [0.15, 0.2) is 23.0 Å². The number of fused-ring (bicyclic) bond motifs is 4. The lowest BCUT2D eigenvalue weighted by molar-refractivity contribution is 0.0651. The van der Waals surface area contributed by atoms with Crippen LogP contribution in [0.3, 0.4) is 0 Å². The van der Waals surface area contributed by atoms with Crippen molar-refractivity contribution in [3.8, 4) is 34.1 Å². The van der Waals surface area contributed by atoms with Gasteiger partial charge in [-0.15, -0.1) is 0 Å². The highest BCUT2D eigenvalue weighted by Gasteiger charge is 2.32. The van der Waals surface area contributed by atoms with Gasteiger partial charge >= 0.3 is 11.9 Å². The van der Waals surface area contributed by atoms with Gasteiger partial charge in [-0.25, -0.2) is 9.59 Å². The number of carbonyl (C=O) groups is 2. The zero-order valence-electron chi connectivity index (χ0n) is 16.6. The SMILES string of the molecule is CCCc1c(C(=O)O)c(C(=O)O)c(-c2ccc3c(c2)OCO3)c2c3c(ccc12)OCO3.